The van der Waals surface area contributed by atoms with Crippen LogP contribution in [0.15, 0.2) is 40.8 Å². The number of furan rings is 1. The molecule has 0 radical (unpaired) electrons. The molecule has 28 heavy (non-hydrogen) atoms. The van der Waals surface area contributed by atoms with Crippen LogP contribution in [-0.4, -0.2) is 51.2 Å². The first-order chi connectivity index (χ1) is 13.4. The quantitative estimate of drug-likeness (QED) is 0.486. The predicted octanol–water partition coefficient (Wildman–Crippen LogP) is 2.86. The van der Waals surface area contributed by atoms with E-state index in [4.69, 9.17) is 18.6 Å². The first-order valence-electron chi connectivity index (χ1n) is 8.79. The molecule has 150 valence electrons. The Kier molecular flexibility index (Phi) is 7.68. The van der Waals surface area contributed by atoms with Crippen LogP contribution < -0.4 is 9.47 Å². The van der Waals surface area contributed by atoms with Gasteiger partial charge in [-0.2, -0.15) is 0 Å². The average molecular weight is 387 g/mol. The third-order valence-corrected chi connectivity index (χ3v) is 4.09. The van der Waals surface area contributed by atoms with E-state index in [1.54, 1.807) is 33.4 Å². The Bertz CT molecular complexity index is 839. The molecule has 2 aromatic rings. The Labute approximate surface area is 164 Å². The summed E-state index contributed by atoms with van der Waals surface area (Å²) in [6.07, 6.45) is 3.37. The highest BCUT2D eigenvalue weighted by atomic mass is 16.5. The van der Waals surface area contributed by atoms with Crippen molar-refractivity contribution in [1.82, 2.24) is 4.90 Å². The van der Waals surface area contributed by atoms with Crippen LogP contribution in [0, 0.1) is 6.92 Å². The largest absolute Gasteiger partial charge is 0.493 e. The Morgan fingerprint density at radius 2 is 1.86 bits per heavy atom. The standard InChI is InChI=1S/C21H25NO6/c1-15-5-7-17(28-15)8-10-21(24)27-14-20(23)22(2)12-11-16-6-9-18(25-3)19(13-16)26-4/h5-10,13H,11-12,14H2,1-4H3/b10-8+. The van der Waals surface area contributed by atoms with E-state index in [1.807, 2.05) is 25.1 Å². The highest BCUT2D eigenvalue weighted by Gasteiger charge is 2.12. The Hall–Kier alpha value is -3.22. The third kappa shape index (κ3) is 6.19. The number of carbonyl (C=O) groups excluding carboxylic acids is 2. The molecule has 0 aliphatic heterocycles. The van der Waals surface area contributed by atoms with E-state index in [9.17, 15) is 9.59 Å². The first-order valence-corrected chi connectivity index (χ1v) is 8.79. The van der Waals surface area contributed by atoms with Crippen LogP contribution in [0.4, 0.5) is 0 Å². The molecule has 0 aliphatic rings. The van der Waals surface area contributed by atoms with Gasteiger partial charge in [-0.05, 0) is 49.2 Å². The molecule has 0 bridgehead atoms. The second kappa shape index (κ2) is 10.2. The van der Waals surface area contributed by atoms with E-state index in [2.05, 4.69) is 0 Å². The fourth-order valence-electron chi connectivity index (χ4n) is 2.44. The second-order valence-corrected chi connectivity index (χ2v) is 6.14. The average Bonchev–Trinajstić information content (AvgIpc) is 3.13. The molecule has 1 aromatic carbocycles. The number of carbonyl (C=O) groups is 2. The molecule has 0 atom stereocenters. The molecule has 1 aromatic heterocycles. The van der Waals surface area contributed by atoms with Crippen LogP contribution in [0.5, 0.6) is 11.5 Å². The van der Waals surface area contributed by atoms with Gasteiger partial charge in [-0.3, -0.25) is 4.79 Å². The number of methoxy groups -OCH3 is 2. The molecule has 7 heteroatoms. The minimum atomic E-state index is -0.601. The van der Waals surface area contributed by atoms with Crippen LogP contribution in [0.2, 0.25) is 0 Å². The minimum absolute atomic E-state index is 0.281. The maximum atomic E-state index is 12.1. The number of amides is 1. The fraction of sp³-hybridized carbons (Fsp3) is 0.333. The van der Waals surface area contributed by atoms with Gasteiger partial charge in [0.1, 0.15) is 11.5 Å². The van der Waals surface area contributed by atoms with E-state index in [0.29, 0.717) is 30.2 Å². The molecule has 0 N–H and O–H groups in total. The Morgan fingerprint density at radius 3 is 2.50 bits per heavy atom. The maximum absolute atomic E-state index is 12.1. The second-order valence-electron chi connectivity index (χ2n) is 6.14. The molecule has 0 fully saturated rings. The van der Waals surface area contributed by atoms with Gasteiger partial charge >= 0.3 is 5.97 Å². The zero-order chi connectivity index (χ0) is 20.5. The summed E-state index contributed by atoms with van der Waals surface area (Å²) in [6.45, 7) is 1.97. The van der Waals surface area contributed by atoms with Gasteiger partial charge in [0.15, 0.2) is 18.1 Å². The van der Waals surface area contributed by atoms with E-state index in [0.717, 1.165) is 11.3 Å². The van der Waals surface area contributed by atoms with Gasteiger partial charge in [0, 0.05) is 19.7 Å². The van der Waals surface area contributed by atoms with Crippen molar-refractivity contribution in [2.75, 3.05) is 34.4 Å². The molecule has 1 heterocycles. The maximum Gasteiger partial charge on any atom is 0.331 e. The lowest BCUT2D eigenvalue weighted by molar-refractivity contribution is -0.147. The lowest BCUT2D eigenvalue weighted by Gasteiger charge is -2.17. The molecule has 7 nitrogen and oxygen atoms in total. The van der Waals surface area contributed by atoms with Crippen LogP contribution in [0.25, 0.3) is 6.08 Å². The van der Waals surface area contributed by atoms with Crippen molar-refractivity contribution in [1.29, 1.82) is 0 Å². The number of hydrogen-bond donors (Lipinski definition) is 0. The number of benzene rings is 1. The van der Waals surface area contributed by atoms with Crippen LogP contribution in [-0.2, 0) is 20.7 Å². The van der Waals surface area contributed by atoms with E-state index in [1.165, 1.54) is 17.1 Å². The van der Waals surface area contributed by atoms with Crippen LogP contribution >= 0.6 is 0 Å². The molecule has 0 unspecified atom stereocenters. The summed E-state index contributed by atoms with van der Waals surface area (Å²) in [6, 6.07) is 9.15. The van der Waals surface area contributed by atoms with Gasteiger partial charge in [-0.1, -0.05) is 6.07 Å². The number of likely N-dealkylation sites (N-methyl/N-ethyl adjacent to an activating group) is 1. The molecule has 0 saturated heterocycles. The summed E-state index contributed by atoms with van der Waals surface area (Å²) >= 11 is 0. The molecular weight excluding hydrogens is 362 g/mol. The van der Waals surface area contributed by atoms with Crippen LogP contribution in [0.3, 0.4) is 0 Å². The third-order valence-electron chi connectivity index (χ3n) is 4.09. The highest BCUT2D eigenvalue weighted by molar-refractivity contribution is 5.88. The van der Waals surface area contributed by atoms with Crippen molar-refractivity contribution in [2.24, 2.45) is 0 Å². The zero-order valence-corrected chi connectivity index (χ0v) is 16.6. The van der Waals surface area contributed by atoms with Gasteiger partial charge in [0.2, 0.25) is 0 Å². The molecule has 0 spiro atoms. The highest BCUT2D eigenvalue weighted by Crippen LogP contribution is 2.27. The smallest absolute Gasteiger partial charge is 0.331 e. The van der Waals surface area contributed by atoms with E-state index >= 15 is 0 Å². The molecule has 1 amide bonds. The number of hydrogen-bond acceptors (Lipinski definition) is 6. The van der Waals surface area contributed by atoms with Crippen molar-refractivity contribution < 1.29 is 28.2 Å². The molecular formula is C21H25NO6. The summed E-state index contributed by atoms with van der Waals surface area (Å²) in [7, 11) is 4.82. The van der Waals surface area contributed by atoms with Crippen molar-refractivity contribution in [3.63, 3.8) is 0 Å². The van der Waals surface area contributed by atoms with Gasteiger partial charge in [-0.25, -0.2) is 4.79 Å². The SMILES string of the molecule is COc1ccc(CCN(C)C(=O)COC(=O)/C=C/c2ccc(C)o2)cc1OC. The molecule has 2 rings (SSSR count). The number of aryl methyl sites for hydroxylation is 1. The molecule has 0 aliphatic carbocycles. The first kappa shape index (κ1) is 21.1. The Morgan fingerprint density at radius 1 is 1.11 bits per heavy atom. The van der Waals surface area contributed by atoms with E-state index in [-0.39, 0.29) is 12.5 Å². The predicted molar refractivity (Wildman–Crippen MR) is 104 cm³/mol. The summed E-state index contributed by atoms with van der Waals surface area (Å²) in [5.74, 6) is 1.71. The Balaban J connectivity index is 1.78. The van der Waals surface area contributed by atoms with Crippen molar-refractivity contribution >= 4 is 18.0 Å². The van der Waals surface area contributed by atoms with Crippen molar-refractivity contribution in [3.05, 3.63) is 53.5 Å². The summed E-state index contributed by atoms with van der Waals surface area (Å²) < 4.78 is 20.8. The lowest BCUT2D eigenvalue weighted by Crippen LogP contribution is -2.32. The van der Waals surface area contributed by atoms with Gasteiger partial charge in [0.25, 0.3) is 5.91 Å². The lowest BCUT2D eigenvalue weighted by atomic mass is 10.1. The normalized spacial score (nSPS) is 10.7. The van der Waals surface area contributed by atoms with Crippen molar-refractivity contribution in [3.8, 4) is 11.5 Å². The van der Waals surface area contributed by atoms with Gasteiger partial charge in [-0.15, -0.1) is 0 Å². The summed E-state index contributed by atoms with van der Waals surface area (Å²) in [5.41, 5.74) is 1.01. The minimum Gasteiger partial charge on any atom is -0.493 e. The monoisotopic (exact) mass is 387 g/mol. The summed E-state index contributed by atoms with van der Waals surface area (Å²) in [4.78, 5) is 25.4. The number of rotatable bonds is 9. The van der Waals surface area contributed by atoms with Gasteiger partial charge in [0.05, 0.1) is 14.2 Å². The number of nitrogens with zero attached hydrogens (tertiary/aromatic N) is 1. The van der Waals surface area contributed by atoms with Crippen LogP contribution in [0.1, 0.15) is 17.1 Å². The topological polar surface area (TPSA) is 78.2 Å². The van der Waals surface area contributed by atoms with Crippen molar-refractivity contribution in [2.45, 2.75) is 13.3 Å². The zero-order valence-electron chi connectivity index (χ0n) is 16.6. The number of esters is 1. The van der Waals surface area contributed by atoms with Gasteiger partial charge < -0.3 is 23.5 Å². The van der Waals surface area contributed by atoms with E-state index < -0.39 is 5.97 Å². The summed E-state index contributed by atoms with van der Waals surface area (Å²) in [5, 5.41) is 0. The molecule has 0 saturated carbocycles. The fourth-order valence-corrected chi connectivity index (χ4v) is 2.44. The number of ether oxygens (including phenoxy) is 3.